The third-order valence-corrected chi connectivity index (χ3v) is 6.04. The molecule has 0 aromatic heterocycles. The topological polar surface area (TPSA) is 66.4 Å². The van der Waals surface area contributed by atoms with Crippen LogP contribution in [0.25, 0.3) is 0 Å². The molecule has 0 radical (unpaired) electrons. The van der Waals surface area contributed by atoms with E-state index in [2.05, 4.69) is 50.8 Å². The van der Waals surface area contributed by atoms with E-state index in [1.165, 1.54) is 0 Å². The van der Waals surface area contributed by atoms with E-state index in [1.54, 1.807) is 18.7 Å². The molecular weight excluding hydrogens is 342 g/mol. The second kappa shape index (κ2) is 9.37. The Balaban J connectivity index is 2.82. The molecule has 3 atom stereocenters. The lowest BCUT2D eigenvalue weighted by Gasteiger charge is -2.31. The predicted octanol–water partition coefficient (Wildman–Crippen LogP) is 3.64. The van der Waals surface area contributed by atoms with Gasteiger partial charge in [0.15, 0.2) is 0 Å². The van der Waals surface area contributed by atoms with E-state index >= 15 is 0 Å². The number of benzene rings is 1. The molecule has 1 amide bonds. The molecule has 0 heterocycles. The lowest BCUT2D eigenvalue weighted by molar-refractivity contribution is -0.141. The fourth-order valence-electron chi connectivity index (χ4n) is 2.24. The number of thiol groups is 1. The summed E-state index contributed by atoms with van der Waals surface area (Å²) < 4.78 is 0. The van der Waals surface area contributed by atoms with Crippen molar-refractivity contribution in [2.45, 2.75) is 39.0 Å². The number of carbonyl (C=O) groups excluding carboxylic acids is 1. The maximum Gasteiger partial charge on any atom is 0.327 e. The van der Waals surface area contributed by atoms with E-state index in [9.17, 15) is 14.7 Å². The van der Waals surface area contributed by atoms with Gasteiger partial charge in [-0.2, -0.15) is 24.4 Å². The van der Waals surface area contributed by atoms with Gasteiger partial charge >= 0.3 is 5.97 Å². The van der Waals surface area contributed by atoms with E-state index in [1.807, 2.05) is 18.2 Å². The molecule has 1 rings (SSSR count). The fourth-order valence-corrected chi connectivity index (χ4v) is 3.86. The minimum Gasteiger partial charge on any atom is -0.480 e. The van der Waals surface area contributed by atoms with Gasteiger partial charge in [-0.05, 0) is 11.0 Å². The Morgan fingerprint density at radius 2 is 1.83 bits per heavy atom. The highest BCUT2D eigenvalue weighted by Crippen LogP contribution is 2.43. The van der Waals surface area contributed by atoms with Crippen LogP contribution in [-0.2, 0) is 9.59 Å². The van der Waals surface area contributed by atoms with Crippen LogP contribution in [0.5, 0.6) is 0 Å². The number of rotatable bonds is 8. The molecule has 0 aliphatic heterocycles. The molecule has 3 unspecified atom stereocenters. The monoisotopic (exact) mass is 369 g/mol. The summed E-state index contributed by atoms with van der Waals surface area (Å²) >= 11 is 5.65. The Morgan fingerprint density at radius 3 is 2.29 bits per heavy atom. The summed E-state index contributed by atoms with van der Waals surface area (Å²) in [5, 5.41) is 12.2. The average Bonchev–Trinajstić information content (AvgIpc) is 2.52. The van der Waals surface area contributed by atoms with Gasteiger partial charge in [-0.3, -0.25) is 4.79 Å². The molecule has 1 aromatic rings. The van der Waals surface area contributed by atoms with Crippen molar-refractivity contribution >= 4 is 36.3 Å². The molecule has 2 N–H and O–H groups in total. The van der Waals surface area contributed by atoms with Gasteiger partial charge in [0.1, 0.15) is 6.04 Å². The first-order valence-electron chi connectivity index (χ1n) is 7.97. The molecule has 0 spiro atoms. The van der Waals surface area contributed by atoms with Gasteiger partial charge in [-0.15, -0.1) is 0 Å². The van der Waals surface area contributed by atoms with E-state index in [-0.39, 0.29) is 22.5 Å². The van der Waals surface area contributed by atoms with Crippen molar-refractivity contribution in [1.82, 2.24) is 5.32 Å². The van der Waals surface area contributed by atoms with Gasteiger partial charge in [0.25, 0.3) is 0 Å². The molecule has 0 saturated heterocycles. The second-order valence-corrected chi connectivity index (χ2v) is 8.48. The van der Waals surface area contributed by atoms with E-state index in [4.69, 9.17) is 0 Å². The van der Waals surface area contributed by atoms with E-state index in [0.717, 1.165) is 5.56 Å². The normalized spacial score (nSPS) is 15.4. The highest BCUT2D eigenvalue weighted by atomic mass is 32.2. The Kier molecular flexibility index (Phi) is 8.16. The number of carboxylic acids is 1. The number of amides is 1. The minimum atomic E-state index is -1.01. The van der Waals surface area contributed by atoms with Crippen molar-refractivity contribution in [3.63, 3.8) is 0 Å². The number of carboxylic acid groups (broad SMARTS) is 1. The van der Waals surface area contributed by atoms with Crippen LogP contribution in [0.15, 0.2) is 30.3 Å². The van der Waals surface area contributed by atoms with Crippen LogP contribution >= 0.6 is 24.4 Å². The first-order valence-corrected chi connectivity index (χ1v) is 9.65. The van der Waals surface area contributed by atoms with Crippen LogP contribution in [-0.4, -0.2) is 34.5 Å². The Hall–Kier alpha value is -1.14. The quantitative estimate of drug-likeness (QED) is 0.612. The maximum atomic E-state index is 12.0. The van der Waals surface area contributed by atoms with E-state index in [0.29, 0.717) is 11.5 Å². The van der Waals surface area contributed by atoms with Crippen LogP contribution in [0.4, 0.5) is 0 Å². The van der Waals surface area contributed by atoms with Crippen molar-refractivity contribution in [2.24, 2.45) is 11.3 Å². The molecule has 24 heavy (non-hydrogen) atoms. The molecule has 4 nitrogen and oxygen atoms in total. The molecule has 0 bridgehead atoms. The fraction of sp³-hybridized carbons (Fsp3) is 0.556. The second-order valence-electron chi connectivity index (χ2n) is 6.97. The van der Waals surface area contributed by atoms with Crippen LogP contribution in [0.2, 0.25) is 0 Å². The molecule has 0 aliphatic carbocycles. The predicted molar refractivity (Wildman–Crippen MR) is 104 cm³/mol. The van der Waals surface area contributed by atoms with Gasteiger partial charge in [-0.25, -0.2) is 4.79 Å². The summed E-state index contributed by atoms with van der Waals surface area (Å²) in [6.07, 6.45) is 0. The maximum absolute atomic E-state index is 12.0. The van der Waals surface area contributed by atoms with Gasteiger partial charge in [0.05, 0.1) is 0 Å². The molecule has 6 heteroatoms. The summed E-state index contributed by atoms with van der Waals surface area (Å²) in [6.45, 7) is 8.13. The van der Waals surface area contributed by atoms with Crippen molar-refractivity contribution in [1.29, 1.82) is 0 Å². The highest BCUT2D eigenvalue weighted by Gasteiger charge is 2.30. The number of carbonyl (C=O) groups is 2. The molecule has 0 fully saturated rings. The number of thioether (sulfide) groups is 1. The first-order chi connectivity index (χ1) is 11.2. The standard InChI is InChI=1S/C18H27NO3S2/c1-12(10-23)16(20)19-14(17(21)22)11-24-15(18(2,3)4)13-8-6-5-7-9-13/h5-9,12,14-15,23H,10-11H2,1-4H3,(H,19,20)(H,21,22). The van der Waals surface area contributed by atoms with Crippen molar-refractivity contribution in [3.05, 3.63) is 35.9 Å². The van der Waals surface area contributed by atoms with Crippen LogP contribution in [0.3, 0.4) is 0 Å². The van der Waals surface area contributed by atoms with Crippen LogP contribution < -0.4 is 5.32 Å². The third kappa shape index (κ3) is 6.40. The molecule has 134 valence electrons. The largest absolute Gasteiger partial charge is 0.480 e. The van der Waals surface area contributed by atoms with Crippen LogP contribution in [0, 0.1) is 11.3 Å². The van der Waals surface area contributed by atoms with Crippen molar-refractivity contribution in [2.75, 3.05) is 11.5 Å². The molecule has 0 aliphatic rings. The number of hydrogen-bond acceptors (Lipinski definition) is 4. The average molecular weight is 370 g/mol. The SMILES string of the molecule is CC(CS)C(=O)NC(CSC(c1ccccc1)C(C)(C)C)C(=O)O. The van der Waals surface area contributed by atoms with Gasteiger partial charge < -0.3 is 10.4 Å². The number of hydrogen-bond donors (Lipinski definition) is 3. The summed E-state index contributed by atoms with van der Waals surface area (Å²) in [4.78, 5) is 23.5. The van der Waals surface area contributed by atoms with E-state index < -0.39 is 12.0 Å². The number of aliphatic carboxylic acids is 1. The highest BCUT2D eigenvalue weighted by molar-refractivity contribution is 7.99. The van der Waals surface area contributed by atoms with Gasteiger partial charge in [0, 0.05) is 22.7 Å². The third-order valence-electron chi connectivity index (χ3n) is 3.65. The van der Waals surface area contributed by atoms with Crippen molar-refractivity contribution in [3.8, 4) is 0 Å². The zero-order chi connectivity index (χ0) is 18.3. The Morgan fingerprint density at radius 1 is 1.25 bits per heavy atom. The first kappa shape index (κ1) is 20.9. The Labute approximate surface area is 154 Å². The smallest absolute Gasteiger partial charge is 0.327 e. The molecular formula is C18H27NO3S2. The lowest BCUT2D eigenvalue weighted by Crippen LogP contribution is -2.45. The van der Waals surface area contributed by atoms with Gasteiger partial charge in [0.2, 0.25) is 5.91 Å². The minimum absolute atomic E-state index is 0.0303. The van der Waals surface area contributed by atoms with Gasteiger partial charge in [-0.1, -0.05) is 58.0 Å². The lowest BCUT2D eigenvalue weighted by atomic mass is 9.87. The summed E-state index contributed by atoms with van der Waals surface area (Å²) in [7, 11) is 0. The summed E-state index contributed by atoms with van der Waals surface area (Å²) in [5.74, 6) is -0.891. The zero-order valence-electron chi connectivity index (χ0n) is 14.7. The van der Waals surface area contributed by atoms with Crippen molar-refractivity contribution < 1.29 is 14.7 Å². The summed E-state index contributed by atoms with van der Waals surface area (Å²) in [6, 6.07) is 9.14. The Bertz CT molecular complexity index is 543. The zero-order valence-corrected chi connectivity index (χ0v) is 16.4. The van der Waals surface area contributed by atoms with Crippen LogP contribution in [0.1, 0.15) is 38.5 Å². The number of nitrogens with one attached hydrogen (secondary N) is 1. The summed E-state index contributed by atoms with van der Waals surface area (Å²) in [5.41, 5.74) is 1.13. The molecule has 0 saturated carbocycles. The molecule has 1 aromatic carbocycles.